The molecule has 0 radical (unpaired) electrons. The lowest BCUT2D eigenvalue weighted by molar-refractivity contribution is -0.133. The number of carbonyl (C=O) groups excluding carboxylic acids is 2. The Bertz CT molecular complexity index is 811. The highest BCUT2D eigenvalue weighted by atomic mass is 19.3. The summed E-state index contributed by atoms with van der Waals surface area (Å²) in [4.78, 5) is 26.8. The zero-order valence-electron chi connectivity index (χ0n) is 16.8. The first kappa shape index (κ1) is 21.0. The van der Waals surface area contributed by atoms with Crippen LogP contribution in [-0.4, -0.2) is 60.9 Å². The van der Waals surface area contributed by atoms with Gasteiger partial charge in [0, 0.05) is 44.7 Å². The minimum Gasteiger partial charge on any atom is -0.374 e. The van der Waals surface area contributed by atoms with Crippen molar-refractivity contribution in [3.8, 4) is 0 Å². The summed E-state index contributed by atoms with van der Waals surface area (Å²) < 4.78 is 43.3. The van der Waals surface area contributed by atoms with Crippen molar-refractivity contribution in [2.45, 2.75) is 56.5 Å². The average Bonchev–Trinajstić information content (AvgIpc) is 2.70. The normalized spacial score (nSPS) is 27.6. The summed E-state index contributed by atoms with van der Waals surface area (Å²) in [6.45, 7) is 1.94. The molecule has 0 aromatic heterocycles. The van der Waals surface area contributed by atoms with Crippen LogP contribution in [0.1, 0.15) is 38.5 Å². The first-order valence-electron chi connectivity index (χ1n) is 10.6. The molecule has 2 aliphatic heterocycles. The number of amides is 2. The molecule has 9 heteroatoms. The van der Waals surface area contributed by atoms with Crippen molar-refractivity contribution in [3.05, 3.63) is 24.0 Å². The maximum absolute atomic E-state index is 14.8. The van der Waals surface area contributed by atoms with Crippen molar-refractivity contribution in [2.75, 3.05) is 36.4 Å². The number of anilines is 2. The van der Waals surface area contributed by atoms with Crippen LogP contribution in [0.3, 0.4) is 0 Å². The lowest BCUT2D eigenvalue weighted by Gasteiger charge is -2.44. The number of piperidine rings is 1. The molecule has 2 atom stereocenters. The Morgan fingerprint density at radius 3 is 2.50 bits per heavy atom. The van der Waals surface area contributed by atoms with Crippen LogP contribution in [0, 0.1) is 5.82 Å². The van der Waals surface area contributed by atoms with E-state index in [4.69, 9.17) is 0 Å². The standard InChI is InChI=1S/C21H27F3N4O2/c22-15-13-14(25-16-5-7-19(29)26-20(16)30)4-6-17(15)27-9-11-28(12-10-27)18-3-1-2-8-21(18,23)24/h4,6,13,16,18,25H,1-3,5,7-12H2,(H,26,29,30). The minimum absolute atomic E-state index is 0.0475. The van der Waals surface area contributed by atoms with Gasteiger partial charge in [0.15, 0.2) is 0 Å². The molecule has 2 heterocycles. The van der Waals surface area contributed by atoms with Crippen molar-refractivity contribution >= 4 is 23.2 Å². The number of hydrogen-bond acceptors (Lipinski definition) is 5. The van der Waals surface area contributed by atoms with Crippen LogP contribution in [0.5, 0.6) is 0 Å². The van der Waals surface area contributed by atoms with Crippen LogP contribution in [0.15, 0.2) is 18.2 Å². The van der Waals surface area contributed by atoms with Gasteiger partial charge >= 0.3 is 0 Å². The first-order valence-corrected chi connectivity index (χ1v) is 10.6. The van der Waals surface area contributed by atoms with Crippen LogP contribution in [0.25, 0.3) is 0 Å². The van der Waals surface area contributed by atoms with Crippen LogP contribution >= 0.6 is 0 Å². The summed E-state index contributed by atoms with van der Waals surface area (Å²) in [5.74, 6) is -3.78. The lowest BCUT2D eigenvalue weighted by Crippen LogP contribution is -2.56. The second-order valence-electron chi connectivity index (χ2n) is 8.36. The number of halogens is 3. The zero-order chi connectivity index (χ0) is 21.3. The molecule has 2 saturated heterocycles. The molecule has 6 nitrogen and oxygen atoms in total. The molecule has 1 aliphatic carbocycles. The van der Waals surface area contributed by atoms with Gasteiger partial charge in [-0.1, -0.05) is 6.42 Å². The highest BCUT2D eigenvalue weighted by molar-refractivity contribution is 6.01. The highest BCUT2D eigenvalue weighted by Crippen LogP contribution is 2.37. The molecule has 30 heavy (non-hydrogen) atoms. The molecule has 1 saturated carbocycles. The molecule has 3 fully saturated rings. The van der Waals surface area contributed by atoms with Crippen LogP contribution in [0.2, 0.25) is 0 Å². The predicted molar refractivity (Wildman–Crippen MR) is 107 cm³/mol. The Morgan fingerprint density at radius 1 is 1.07 bits per heavy atom. The van der Waals surface area contributed by atoms with Gasteiger partial charge in [-0.25, -0.2) is 13.2 Å². The first-order chi connectivity index (χ1) is 14.3. The quantitative estimate of drug-likeness (QED) is 0.728. The van der Waals surface area contributed by atoms with E-state index in [1.807, 2.05) is 9.80 Å². The van der Waals surface area contributed by atoms with Gasteiger partial charge in [0.25, 0.3) is 5.92 Å². The molecule has 1 aromatic rings. The molecule has 3 aliphatic rings. The zero-order valence-corrected chi connectivity index (χ0v) is 16.8. The van der Waals surface area contributed by atoms with Gasteiger partial charge < -0.3 is 10.2 Å². The molecule has 2 N–H and O–H groups in total. The molecule has 0 spiro atoms. The predicted octanol–water partition coefficient (Wildman–Crippen LogP) is 2.74. The Labute approximate surface area is 173 Å². The number of nitrogens with one attached hydrogen (secondary N) is 2. The van der Waals surface area contributed by atoms with E-state index >= 15 is 0 Å². The van der Waals surface area contributed by atoms with E-state index in [9.17, 15) is 22.8 Å². The van der Waals surface area contributed by atoms with Gasteiger partial charge in [-0.3, -0.25) is 19.8 Å². The van der Waals surface area contributed by atoms with Crippen molar-refractivity contribution in [3.63, 3.8) is 0 Å². The summed E-state index contributed by atoms with van der Waals surface area (Å²) in [7, 11) is 0. The third-order valence-corrected chi connectivity index (χ3v) is 6.35. The van der Waals surface area contributed by atoms with E-state index in [1.165, 1.54) is 6.07 Å². The maximum atomic E-state index is 14.8. The molecule has 4 rings (SSSR count). The lowest BCUT2D eigenvalue weighted by atomic mass is 9.90. The second-order valence-corrected chi connectivity index (χ2v) is 8.36. The van der Waals surface area contributed by atoms with E-state index in [-0.39, 0.29) is 18.7 Å². The molecular formula is C21H27F3N4O2. The number of nitrogens with zero attached hydrogens (tertiary/aromatic N) is 2. The molecule has 2 amide bonds. The van der Waals surface area contributed by atoms with Crippen LogP contribution in [-0.2, 0) is 9.59 Å². The fourth-order valence-electron chi connectivity index (χ4n) is 4.69. The van der Waals surface area contributed by atoms with Crippen molar-refractivity contribution < 1.29 is 22.8 Å². The van der Waals surface area contributed by atoms with E-state index in [0.717, 1.165) is 6.42 Å². The number of hydrogen-bond donors (Lipinski definition) is 2. The number of rotatable bonds is 4. The van der Waals surface area contributed by atoms with Crippen LogP contribution in [0.4, 0.5) is 24.5 Å². The van der Waals surface area contributed by atoms with Crippen molar-refractivity contribution in [2.24, 2.45) is 0 Å². The summed E-state index contributed by atoms with van der Waals surface area (Å²) in [5, 5.41) is 5.23. The minimum atomic E-state index is -2.64. The summed E-state index contributed by atoms with van der Waals surface area (Å²) in [6, 6.07) is 3.39. The number of piperazine rings is 1. The largest absolute Gasteiger partial charge is 0.374 e. The molecule has 1 aromatic carbocycles. The van der Waals surface area contributed by atoms with Gasteiger partial charge in [-0.05, 0) is 37.5 Å². The Morgan fingerprint density at radius 2 is 1.83 bits per heavy atom. The Balaban J connectivity index is 1.36. The third kappa shape index (κ3) is 4.40. The van der Waals surface area contributed by atoms with Gasteiger partial charge in [0.1, 0.15) is 11.9 Å². The maximum Gasteiger partial charge on any atom is 0.263 e. The SMILES string of the molecule is O=C1CCC(Nc2ccc(N3CCN(C4CCCCC4(F)F)CC3)c(F)c2)C(=O)N1. The molecule has 2 unspecified atom stereocenters. The number of alkyl halides is 2. The van der Waals surface area contributed by atoms with Gasteiger partial charge in [0.05, 0.1) is 11.7 Å². The van der Waals surface area contributed by atoms with Gasteiger partial charge in [-0.2, -0.15) is 0 Å². The van der Waals surface area contributed by atoms with Gasteiger partial charge in [0.2, 0.25) is 11.8 Å². The van der Waals surface area contributed by atoms with E-state index in [2.05, 4.69) is 10.6 Å². The summed E-state index contributed by atoms with van der Waals surface area (Å²) in [6.07, 6.45) is 2.48. The molecule has 0 bridgehead atoms. The molecule has 164 valence electrons. The Kier molecular flexibility index (Phi) is 5.90. The summed E-state index contributed by atoms with van der Waals surface area (Å²) in [5.41, 5.74) is 0.894. The van der Waals surface area contributed by atoms with Gasteiger partial charge in [-0.15, -0.1) is 0 Å². The third-order valence-electron chi connectivity index (χ3n) is 6.35. The fourth-order valence-corrected chi connectivity index (χ4v) is 4.69. The fraction of sp³-hybridized carbons (Fsp3) is 0.619. The molecular weight excluding hydrogens is 397 g/mol. The average molecular weight is 424 g/mol. The van der Waals surface area contributed by atoms with Crippen LogP contribution < -0.4 is 15.5 Å². The van der Waals surface area contributed by atoms with E-state index in [0.29, 0.717) is 56.8 Å². The van der Waals surface area contributed by atoms with E-state index in [1.54, 1.807) is 12.1 Å². The van der Waals surface area contributed by atoms with Crippen molar-refractivity contribution in [1.82, 2.24) is 10.2 Å². The highest BCUT2D eigenvalue weighted by Gasteiger charge is 2.45. The van der Waals surface area contributed by atoms with E-state index < -0.39 is 29.7 Å². The topological polar surface area (TPSA) is 64.7 Å². The monoisotopic (exact) mass is 424 g/mol. The number of benzene rings is 1. The number of carbonyl (C=O) groups is 2. The second kappa shape index (κ2) is 8.45. The number of imide groups is 1. The van der Waals surface area contributed by atoms with Crippen molar-refractivity contribution in [1.29, 1.82) is 0 Å². The smallest absolute Gasteiger partial charge is 0.263 e. The summed E-state index contributed by atoms with van der Waals surface area (Å²) >= 11 is 0. The Hall–Kier alpha value is -2.29.